The van der Waals surface area contributed by atoms with Crippen molar-refractivity contribution in [2.75, 3.05) is 11.9 Å². The number of carbonyl (C=O) groups is 2. The van der Waals surface area contributed by atoms with Crippen LogP contribution in [0.4, 0.5) is 5.69 Å². The molecule has 0 aliphatic rings. The van der Waals surface area contributed by atoms with E-state index in [1.165, 1.54) is 6.08 Å². The Bertz CT molecular complexity index is 1120. The van der Waals surface area contributed by atoms with Gasteiger partial charge in [0.2, 0.25) is 11.8 Å². The molecule has 2 N–H and O–H groups in total. The fraction of sp³-hybridized carbons (Fsp3) is 0.240. The van der Waals surface area contributed by atoms with Crippen LogP contribution in [-0.4, -0.2) is 28.1 Å². The molecule has 1 aromatic heterocycles. The highest BCUT2D eigenvalue weighted by molar-refractivity contribution is 5.98. The summed E-state index contributed by atoms with van der Waals surface area (Å²) in [6, 6.07) is 13.9. The lowest BCUT2D eigenvalue weighted by molar-refractivity contribution is -0.121. The largest absolute Gasteiger partial charge is 0.343 e. The number of aromatic nitrogens is 2. The van der Waals surface area contributed by atoms with Gasteiger partial charge >= 0.3 is 0 Å². The number of rotatable bonds is 6. The van der Waals surface area contributed by atoms with E-state index in [1.54, 1.807) is 6.08 Å². The topological polar surface area (TPSA) is 76.0 Å². The standard InChI is InChI=1S/C25H28N4O2/c1-16-13-17(2)25(18(3)14-16)27-24(31)15-26-23(30)12-11-22-19(4)28-29(20(22)5)21-9-7-6-8-10-21/h6-14H,15H2,1-5H3,(H,26,30)(H,27,31)/b12-11+. The Morgan fingerprint density at radius 3 is 2.29 bits per heavy atom. The average molecular weight is 417 g/mol. The molecule has 0 aliphatic heterocycles. The minimum atomic E-state index is -0.334. The van der Waals surface area contributed by atoms with Crippen LogP contribution in [0, 0.1) is 34.6 Å². The normalized spacial score (nSPS) is 11.0. The van der Waals surface area contributed by atoms with Crippen molar-refractivity contribution in [2.24, 2.45) is 0 Å². The maximum Gasteiger partial charge on any atom is 0.244 e. The van der Waals surface area contributed by atoms with Gasteiger partial charge in [0.15, 0.2) is 0 Å². The van der Waals surface area contributed by atoms with Crippen LogP contribution in [-0.2, 0) is 9.59 Å². The molecule has 0 fully saturated rings. The molecule has 2 aromatic carbocycles. The summed E-state index contributed by atoms with van der Waals surface area (Å²) in [5.74, 6) is -0.597. The van der Waals surface area contributed by atoms with Crippen molar-refractivity contribution in [3.63, 3.8) is 0 Å². The van der Waals surface area contributed by atoms with Crippen molar-refractivity contribution < 1.29 is 9.59 Å². The van der Waals surface area contributed by atoms with Gasteiger partial charge in [-0.15, -0.1) is 0 Å². The Labute approximate surface area is 183 Å². The number of aryl methyl sites for hydroxylation is 4. The Morgan fingerprint density at radius 1 is 1.00 bits per heavy atom. The lowest BCUT2D eigenvalue weighted by Gasteiger charge is -2.13. The van der Waals surface area contributed by atoms with Crippen LogP contribution in [0.25, 0.3) is 11.8 Å². The number of benzene rings is 2. The summed E-state index contributed by atoms with van der Waals surface area (Å²) in [5, 5.41) is 10.1. The summed E-state index contributed by atoms with van der Waals surface area (Å²) in [6.07, 6.45) is 3.17. The van der Waals surface area contributed by atoms with E-state index >= 15 is 0 Å². The second-order valence-corrected chi connectivity index (χ2v) is 7.70. The summed E-state index contributed by atoms with van der Waals surface area (Å²) >= 11 is 0. The van der Waals surface area contributed by atoms with Gasteiger partial charge in [-0.1, -0.05) is 35.9 Å². The number of hydrogen-bond donors (Lipinski definition) is 2. The van der Waals surface area contributed by atoms with Crippen LogP contribution in [0.2, 0.25) is 0 Å². The quantitative estimate of drug-likeness (QED) is 0.592. The van der Waals surface area contributed by atoms with Crippen molar-refractivity contribution >= 4 is 23.6 Å². The molecular formula is C25H28N4O2. The minimum Gasteiger partial charge on any atom is -0.343 e. The minimum absolute atomic E-state index is 0.100. The van der Waals surface area contributed by atoms with Crippen LogP contribution >= 0.6 is 0 Å². The van der Waals surface area contributed by atoms with Gasteiger partial charge in [0, 0.05) is 23.0 Å². The highest BCUT2D eigenvalue weighted by atomic mass is 16.2. The highest BCUT2D eigenvalue weighted by Crippen LogP contribution is 2.22. The molecule has 0 spiro atoms. The number of nitrogens with zero attached hydrogens (tertiary/aromatic N) is 2. The molecule has 0 unspecified atom stereocenters. The highest BCUT2D eigenvalue weighted by Gasteiger charge is 2.12. The van der Waals surface area contributed by atoms with Gasteiger partial charge in [0.1, 0.15) is 0 Å². The Hall–Kier alpha value is -3.67. The van der Waals surface area contributed by atoms with Crippen LogP contribution in [0.1, 0.15) is 33.6 Å². The van der Waals surface area contributed by atoms with E-state index in [-0.39, 0.29) is 18.4 Å². The summed E-state index contributed by atoms with van der Waals surface area (Å²) in [6.45, 7) is 9.70. The fourth-order valence-corrected chi connectivity index (χ4v) is 3.66. The molecular weight excluding hydrogens is 388 g/mol. The number of nitrogens with one attached hydrogen (secondary N) is 2. The van der Waals surface area contributed by atoms with Crippen molar-refractivity contribution in [3.05, 3.63) is 82.2 Å². The molecule has 2 amide bonds. The average Bonchev–Trinajstić information content (AvgIpc) is 3.01. The molecule has 31 heavy (non-hydrogen) atoms. The molecule has 160 valence electrons. The van der Waals surface area contributed by atoms with E-state index < -0.39 is 0 Å². The van der Waals surface area contributed by atoms with Crippen LogP contribution < -0.4 is 10.6 Å². The van der Waals surface area contributed by atoms with E-state index in [0.717, 1.165) is 45.0 Å². The van der Waals surface area contributed by atoms with Gasteiger partial charge in [-0.25, -0.2) is 4.68 Å². The summed E-state index contributed by atoms with van der Waals surface area (Å²) in [5.41, 5.74) is 7.55. The maximum atomic E-state index is 12.3. The molecule has 0 radical (unpaired) electrons. The van der Waals surface area contributed by atoms with Gasteiger partial charge in [0.25, 0.3) is 0 Å². The second kappa shape index (κ2) is 9.43. The summed E-state index contributed by atoms with van der Waals surface area (Å²) in [7, 11) is 0. The van der Waals surface area contributed by atoms with E-state index in [0.29, 0.717) is 0 Å². The third-order valence-electron chi connectivity index (χ3n) is 5.11. The zero-order valence-electron chi connectivity index (χ0n) is 18.6. The van der Waals surface area contributed by atoms with Crippen LogP contribution in [0.3, 0.4) is 0 Å². The third-order valence-corrected chi connectivity index (χ3v) is 5.11. The maximum absolute atomic E-state index is 12.3. The van der Waals surface area contributed by atoms with Crippen molar-refractivity contribution in [2.45, 2.75) is 34.6 Å². The first kappa shape index (κ1) is 22.0. The van der Waals surface area contributed by atoms with E-state index in [9.17, 15) is 9.59 Å². The number of para-hydroxylation sites is 1. The molecule has 0 atom stereocenters. The molecule has 0 saturated carbocycles. The second-order valence-electron chi connectivity index (χ2n) is 7.70. The van der Waals surface area contributed by atoms with E-state index in [4.69, 9.17) is 0 Å². The van der Waals surface area contributed by atoms with Gasteiger partial charge < -0.3 is 10.6 Å². The summed E-state index contributed by atoms with van der Waals surface area (Å²) < 4.78 is 1.85. The predicted molar refractivity (Wildman–Crippen MR) is 124 cm³/mol. The van der Waals surface area contributed by atoms with Gasteiger partial charge in [0.05, 0.1) is 17.9 Å². The Balaban J connectivity index is 1.61. The monoisotopic (exact) mass is 416 g/mol. The first-order valence-corrected chi connectivity index (χ1v) is 10.2. The number of anilines is 1. The Morgan fingerprint density at radius 2 is 1.65 bits per heavy atom. The zero-order valence-corrected chi connectivity index (χ0v) is 18.6. The first-order valence-electron chi connectivity index (χ1n) is 10.2. The van der Waals surface area contributed by atoms with Gasteiger partial charge in [-0.05, 0) is 64.0 Å². The molecule has 0 aliphatic carbocycles. The van der Waals surface area contributed by atoms with Crippen molar-refractivity contribution in [1.82, 2.24) is 15.1 Å². The number of carbonyl (C=O) groups excluding carboxylic acids is 2. The number of amides is 2. The van der Waals surface area contributed by atoms with Crippen LogP contribution in [0.5, 0.6) is 0 Å². The van der Waals surface area contributed by atoms with Gasteiger partial charge in [-0.2, -0.15) is 5.10 Å². The van der Waals surface area contributed by atoms with Gasteiger partial charge in [-0.3, -0.25) is 9.59 Å². The molecule has 6 heteroatoms. The third kappa shape index (κ3) is 5.28. The molecule has 1 heterocycles. The fourth-order valence-electron chi connectivity index (χ4n) is 3.66. The van der Waals surface area contributed by atoms with E-state index in [2.05, 4.69) is 15.7 Å². The smallest absolute Gasteiger partial charge is 0.244 e. The number of hydrogen-bond acceptors (Lipinski definition) is 3. The molecule has 0 saturated heterocycles. The molecule has 3 aromatic rings. The van der Waals surface area contributed by atoms with E-state index in [1.807, 2.05) is 81.8 Å². The first-order chi connectivity index (χ1) is 14.8. The van der Waals surface area contributed by atoms with Crippen molar-refractivity contribution in [3.8, 4) is 5.69 Å². The lowest BCUT2D eigenvalue weighted by atomic mass is 10.1. The van der Waals surface area contributed by atoms with Crippen molar-refractivity contribution in [1.29, 1.82) is 0 Å². The Kier molecular flexibility index (Phi) is 6.70. The summed E-state index contributed by atoms with van der Waals surface area (Å²) in [4.78, 5) is 24.5. The molecule has 0 bridgehead atoms. The SMILES string of the molecule is Cc1cc(C)c(NC(=O)CNC(=O)/C=C/c2c(C)nn(-c3ccccc3)c2C)c(C)c1. The molecule has 6 nitrogen and oxygen atoms in total. The molecule has 3 rings (SSSR count). The zero-order chi connectivity index (χ0) is 22.5. The predicted octanol–water partition coefficient (Wildman–Crippen LogP) is 4.18. The lowest BCUT2D eigenvalue weighted by Crippen LogP contribution is -2.32. The van der Waals surface area contributed by atoms with Crippen LogP contribution in [0.15, 0.2) is 48.5 Å².